The maximum Gasteiger partial charge on any atom is 0.271 e. The van der Waals surface area contributed by atoms with Crippen molar-refractivity contribution in [3.63, 3.8) is 0 Å². The van der Waals surface area contributed by atoms with E-state index in [1.807, 2.05) is 24.3 Å². The van der Waals surface area contributed by atoms with Gasteiger partial charge >= 0.3 is 0 Å². The fraction of sp³-hybridized carbons (Fsp3) is 0.0833. The Morgan fingerprint density at radius 1 is 0.941 bits per heavy atom. The largest absolute Gasteiger partial charge is 0.349 e. The van der Waals surface area contributed by atoms with Crippen LogP contribution in [0.15, 0.2) is 72.9 Å². The molecule has 0 fully saturated rings. The number of carbonyl (C=O) groups excluding carboxylic acids is 2. The fourth-order valence-electron chi connectivity index (χ4n) is 3.25. The number of hydrogen-bond acceptors (Lipinski definition) is 5. The maximum atomic E-state index is 13.2. The number of rotatable bonds is 7. The molecule has 0 radical (unpaired) electrons. The molecule has 0 aliphatic heterocycles. The van der Waals surface area contributed by atoms with Crippen LogP contribution in [0.3, 0.4) is 0 Å². The molecule has 2 aromatic carbocycles. The second kappa shape index (κ2) is 10.5. The van der Waals surface area contributed by atoms with Crippen molar-refractivity contribution in [2.45, 2.75) is 0 Å². The Labute approximate surface area is 205 Å². The van der Waals surface area contributed by atoms with Gasteiger partial charge in [-0.1, -0.05) is 47.5 Å². The molecule has 4 N–H and O–H groups in total. The zero-order valence-electron chi connectivity index (χ0n) is 17.8. The topological polar surface area (TPSA) is 115 Å². The number of para-hydroxylation sites is 1. The van der Waals surface area contributed by atoms with Crippen LogP contribution in [0, 0.1) is 0 Å². The number of benzene rings is 2. The lowest BCUT2D eigenvalue weighted by molar-refractivity contribution is 0.0948. The molecule has 2 heterocycles. The van der Waals surface area contributed by atoms with Gasteiger partial charge in [0.15, 0.2) is 5.69 Å². The zero-order valence-corrected chi connectivity index (χ0v) is 19.3. The maximum absolute atomic E-state index is 13.2. The number of carbonyl (C=O) groups is 2. The van der Waals surface area contributed by atoms with E-state index in [1.54, 1.807) is 36.5 Å². The molecule has 0 spiro atoms. The van der Waals surface area contributed by atoms with Crippen LogP contribution < -0.4 is 16.4 Å². The molecule has 2 amide bonds. The summed E-state index contributed by atoms with van der Waals surface area (Å²) in [7, 11) is 0. The van der Waals surface area contributed by atoms with Crippen LogP contribution in [0.1, 0.15) is 20.8 Å². The lowest BCUT2D eigenvalue weighted by Crippen LogP contribution is -2.29. The summed E-state index contributed by atoms with van der Waals surface area (Å²) < 4.78 is 1.47. The lowest BCUT2D eigenvalue weighted by atomic mass is 10.1. The van der Waals surface area contributed by atoms with Crippen molar-refractivity contribution in [2.75, 3.05) is 18.4 Å². The summed E-state index contributed by atoms with van der Waals surface area (Å²) in [5.41, 5.74) is 7.62. The van der Waals surface area contributed by atoms with Crippen molar-refractivity contribution < 1.29 is 9.59 Å². The number of aromatic nitrogens is 3. The molecule has 0 aliphatic rings. The first-order chi connectivity index (χ1) is 16.5. The molecule has 172 valence electrons. The minimum absolute atomic E-state index is 0.129. The first kappa shape index (κ1) is 23.4. The van der Waals surface area contributed by atoms with Crippen LogP contribution in [0.2, 0.25) is 10.0 Å². The molecule has 10 heteroatoms. The van der Waals surface area contributed by atoms with E-state index in [9.17, 15) is 9.59 Å². The van der Waals surface area contributed by atoms with Gasteiger partial charge in [0.1, 0.15) is 5.82 Å². The first-order valence-electron chi connectivity index (χ1n) is 10.3. The molecule has 0 saturated heterocycles. The monoisotopic (exact) mass is 494 g/mol. The van der Waals surface area contributed by atoms with Crippen LogP contribution in [0.5, 0.6) is 0 Å². The minimum atomic E-state index is -0.496. The van der Waals surface area contributed by atoms with Crippen molar-refractivity contribution in [2.24, 2.45) is 5.73 Å². The molecular formula is C24H20Cl2N6O2. The Kier molecular flexibility index (Phi) is 7.22. The van der Waals surface area contributed by atoms with Gasteiger partial charge in [-0.3, -0.25) is 14.6 Å². The third-order valence-electron chi connectivity index (χ3n) is 4.86. The summed E-state index contributed by atoms with van der Waals surface area (Å²) in [6.07, 6.45) is 1.63. The van der Waals surface area contributed by atoms with E-state index < -0.39 is 11.8 Å². The number of nitrogens with one attached hydrogen (secondary N) is 2. The molecule has 0 aliphatic carbocycles. The molecule has 4 aromatic rings. The molecule has 0 atom stereocenters. The minimum Gasteiger partial charge on any atom is -0.349 e. The van der Waals surface area contributed by atoms with E-state index in [0.29, 0.717) is 40.9 Å². The number of nitrogens with zero attached hydrogens (tertiary/aromatic N) is 3. The average molecular weight is 495 g/mol. The van der Waals surface area contributed by atoms with E-state index >= 15 is 0 Å². The van der Waals surface area contributed by atoms with Crippen molar-refractivity contribution >= 4 is 40.8 Å². The van der Waals surface area contributed by atoms with Crippen LogP contribution in [0.25, 0.3) is 16.9 Å². The third kappa shape index (κ3) is 5.09. The molecular weight excluding hydrogens is 475 g/mol. The van der Waals surface area contributed by atoms with Crippen molar-refractivity contribution in [1.82, 2.24) is 20.1 Å². The average Bonchev–Trinajstić information content (AvgIpc) is 3.27. The smallest absolute Gasteiger partial charge is 0.271 e. The Morgan fingerprint density at radius 3 is 2.41 bits per heavy atom. The molecule has 0 bridgehead atoms. The van der Waals surface area contributed by atoms with Crippen LogP contribution in [0.4, 0.5) is 5.82 Å². The summed E-state index contributed by atoms with van der Waals surface area (Å²) in [6.45, 7) is 0.595. The Hall–Kier alpha value is -3.72. The molecule has 0 saturated carbocycles. The van der Waals surface area contributed by atoms with Gasteiger partial charge in [0.2, 0.25) is 0 Å². The quantitative estimate of drug-likeness (QED) is 0.356. The van der Waals surface area contributed by atoms with E-state index in [4.69, 9.17) is 28.9 Å². The number of pyridine rings is 1. The predicted molar refractivity (Wildman–Crippen MR) is 133 cm³/mol. The Balaban J connectivity index is 1.70. The molecule has 0 unspecified atom stereocenters. The van der Waals surface area contributed by atoms with Crippen molar-refractivity contribution in [3.05, 3.63) is 94.2 Å². The standard InChI is InChI=1S/C24H20Cl2N6O2/c25-18-13-19(26)17(12-16(18)20-8-4-5-10-28-20)23(33)30-22-14-21(24(34)29-11-9-27)31-32(22)15-6-2-1-3-7-15/h1-8,10,12-14H,9,11,27H2,(H,29,34)(H,30,33). The predicted octanol–water partition coefficient (Wildman–Crippen LogP) is 4.18. The Bertz CT molecular complexity index is 1330. The molecule has 4 rings (SSSR count). The summed E-state index contributed by atoms with van der Waals surface area (Å²) >= 11 is 12.7. The van der Waals surface area contributed by atoms with Gasteiger partial charge in [-0.15, -0.1) is 0 Å². The molecule has 34 heavy (non-hydrogen) atoms. The summed E-state index contributed by atoms with van der Waals surface area (Å²) in [6, 6.07) is 19.1. The number of amides is 2. The number of hydrogen-bond donors (Lipinski definition) is 3. The van der Waals surface area contributed by atoms with Gasteiger partial charge in [0.25, 0.3) is 11.8 Å². The van der Waals surface area contributed by atoms with E-state index in [0.717, 1.165) is 0 Å². The summed E-state index contributed by atoms with van der Waals surface area (Å²) in [4.78, 5) is 30.0. The van der Waals surface area contributed by atoms with Crippen molar-refractivity contribution in [1.29, 1.82) is 0 Å². The number of anilines is 1. The highest BCUT2D eigenvalue weighted by Crippen LogP contribution is 2.32. The van der Waals surface area contributed by atoms with Crippen molar-refractivity contribution in [3.8, 4) is 16.9 Å². The van der Waals surface area contributed by atoms with Gasteiger partial charge < -0.3 is 16.4 Å². The highest BCUT2D eigenvalue weighted by Gasteiger charge is 2.20. The highest BCUT2D eigenvalue weighted by molar-refractivity contribution is 6.38. The molecule has 2 aromatic heterocycles. The lowest BCUT2D eigenvalue weighted by Gasteiger charge is -2.12. The van der Waals surface area contributed by atoms with Crippen LogP contribution in [-0.4, -0.2) is 39.7 Å². The number of halogens is 2. The second-order valence-electron chi connectivity index (χ2n) is 7.19. The van der Waals surface area contributed by atoms with E-state index in [-0.39, 0.29) is 16.3 Å². The van der Waals surface area contributed by atoms with Gasteiger partial charge in [0.05, 0.1) is 27.0 Å². The number of nitrogens with two attached hydrogens (primary N) is 1. The van der Waals surface area contributed by atoms with Gasteiger partial charge in [-0.05, 0) is 36.4 Å². The second-order valence-corrected chi connectivity index (χ2v) is 8.00. The first-order valence-corrected chi connectivity index (χ1v) is 11.1. The van der Waals surface area contributed by atoms with E-state index in [2.05, 4.69) is 20.7 Å². The highest BCUT2D eigenvalue weighted by atomic mass is 35.5. The van der Waals surface area contributed by atoms with Gasteiger partial charge in [-0.25, -0.2) is 4.68 Å². The third-order valence-corrected chi connectivity index (χ3v) is 5.48. The summed E-state index contributed by atoms with van der Waals surface area (Å²) in [5, 5.41) is 10.4. The fourth-order valence-corrected chi connectivity index (χ4v) is 3.81. The zero-order chi connectivity index (χ0) is 24.1. The summed E-state index contributed by atoms with van der Waals surface area (Å²) in [5.74, 6) is -0.609. The molecule has 8 nitrogen and oxygen atoms in total. The SMILES string of the molecule is NCCNC(=O)c1cc(NC(=O)c2cc(-c3ccccn3)c(Cl)cc2Cl)n(-c2ccccc2)n1. The van der Waals surface area contributed by atoms with Gasteiger partial charge in [-0.2, -0.15) is 5.10 Å². The van der Waals surface area contributed by atoms with Crippen LogP contribution in [-0.2, 0) is 0 Å². The van der Waals surface area contributed by atoms with Crippen LogP contribution >= 0.6 is 23.2 Å². The Morgan fingerprint density at radius 2 is 1.71 bits per heavy atom. The van der Waals surface area contributed by atoms with E-state index in [1.165, 1.54) is 16.8 Å². The van der Waals surface area contributed by atoms with Gasteiger partial charge in [0, 0.05) is 30.9 Å². The normalized spacial score (nSPS) is 10.7.